The summed E-state index contributed by atoms with van der Waals surface area (Å²) in [5, 5.41) is 12.9. The van der Waals surface area contributed by atoms with Crippen LogP contribution in [0, 0.1) is 5.92 Å². The molecule has 1 saturated heterocycles. The largest absolute Gasteiger partial charge is 0.481 e. The predicted molar refractivity (Wildman–Crippen MR) is 82.1 cm³/mol. The molecular weight excluding hydrogens is 254 g/mol. The number of nitrogens with zero attached hydrogens (tertiary/aromatic N) is 2. The molecule has 1 aliphatic rings. The van der Waals surface area contributed by atoms with Gasteiger partial charge in [0.15, 0.2) is 0 Å². The first-order valence-electron chi connectivity index (χ1n) is 7.95. The average molecular weight is 285 g/mol. The minimum atomic E-state index is -0.662. The lowest BCUT2D eigenvalue weighted by Gasteiger charge is -2.37. The number of likely N-dealkylation sites (N-methyl/N-ethyl adjacent to an activating group) is 1. The molecule has 0 aromatic heterocycles. The molecule has 118 valence electrons. The Balaban J connectivity index is 2.38. The Hall–Kier alpha value is -0.650. The van der Waals surface area contributed by atoms with Crippen molar-refractivity contribution >= 4 is 5.97 Å². The number of likely N-dealkylation sites (tertiary alicyclic amines) is 1. The van der Waals surface area contributed by atoms with Gasteiger partial charge in [0, 0.05) is 25.7 Å². The van der Waals surface area contributed by atoms with E-state index in [2.05, 4.69) is 36.0 Å². The number of hydrogen-bond acceptors (Lipinski definition) is 4. The number of hydrogen-bond donors (Lipinski definition) is 2. The SMILES string of the molecule is CCCN(C)CCNC1CCN(CCC)CC1C(=O)O. The third kappa shape index (κ3) is 5.77. The molecule has 1 rings (SSSR count). The molecule has 0 amide bonds. The Bertz CT molecular complexity index is 286. The van der Waals surface area contributed by atoms with Crippen LogP contribution in [0.1, 0.15) is 33.1 Å². The molecule has 20 heavy (non-hydrogen) atoms. The van der Waals surface area contributed by atoms with E-state index in [1.165, 1.54) is 0 Å². The number of carboxylic acids is 1. The molecular formula is C15H31N3O2. The van der Waals surface area contributed by atoms with E-state index in [4.69, 9.17) is 0 Å². The van der Waals surface area contributed by atoms with E-state index >= 15 is 0 Å². The summed E-state index contributed by atoms with van der Waals surface area (Å²) in [6.07, 6.45) is 3.18. The number of rotatable bonds is 9. The minimum Gasteiger partial charge on any atom is -0.481 e. The van der Waals surface area contributed by atoms with Gasteiger partial charge in [-0.1, -0.05) is 13.8 Å². The van der Waals surface area contributed by atoms with Gasteiger partial charge in [0.2, 0.25) is 0 Å². The van der Waals surface area contributed by atoms with Crippen LogP contribution < -0.4 is 5.32 Å². The number of carboxylic acid groups (broad SMARTS) is 1. The molecule has 0 aromatic rings. The number of piperidine rings is 1. The van der Waals surface area contributed by atoms with Crippen LogP contribution in [0.5, 0.6) is 0 Å². The summed E-state index contributed by atoms with van der Waals surface area (Å²) in [6, 6.07) is 0.121. The summed E-state index contributed by atoms with van der Waals surface area (Å²) in [7, 11) is 2.11. The van der Waals surface area contributed by atoms with E-state index in [1.54, 1.807) is 0 Å². The van der Waals surface area contributed by atoms with Gasteiger partial charge in [-0.15, -0.1) is 0 Å². The van der Waals surface area contributed by atoms with Gasteiger partial charge in [0.25, 0.3) is 0 Å². The van der Waals surface area contributed by atoms with Gasteiger partial charge in [0.1, 0.15) is 0 Å². The highest BCUT2D eigenvalue weighted by atomic mass is 16.4. The Morgan fingerprint density at radius 2 is 2.10 bits per heavy atom. The molecule has 2 atom stereocenters. The summed E-state index contributed by atoms with van der Waals surface area (Å²) < 4.78 is 0. The molecule has 0 aliphatic carbocycles. The summed E-state index contributed by atoms with van der Waals surface area (Å²) in [6.45, 7) is 9.98. The molecule has 1 fully saturated rings. The highest BCUT2D eigenvalue weighted by Crippen LogP contribution is 2.17. The van der Waals surface area contributed by atoms with Crippen molar-refractivity contribution in [1.82, 2.24) is 15.1 Å². The number of carbonyl (C=O) groups is 1. The van der Waals surface area contributed by atoms with Gasteiger partial charge < -0.3 is 20.2 Å². The zero-order valence-corrected chi connectivity index (χ0v) is 13.3. The topological polar surface area (TPSA) is 55.8 Å². The Labute approximate surface area is 123 Å². The maximum absolute atomic E-state index is 11.4. The second kappa shape index (κ2) is 9.32. The van der Waals surface area contributed by atoms with Crippen molar-refractivity contribution in [1.29, 1.82) is 0 Å². The Kier molecular flexibility index (Phi) is 8.11. The van der Waals surface area contributed by atoms with Crippen molar-refractivity contribution in [2.45, 2.75) is 39.2 Å². The molecule has 0 aromatic carbocycles. The van der Waals surface area contributed by atoms with E-state index in [9.17, 15) is 9.90 Å². The zero-order chi connectivity index (χ0) is 15.0. The van der Waals surface area contributed by atoms with Crippen molar-refractivity contribution in [3.63, 3.8) is 0 Å². The van der Waals surface area contributed by atoms with E-state index in [-0.39, 0.29) is 12.0 Å². The normalized spacial score (nSPS) is 24.2. The summed E-state index contributed by atoms with van der Waals surface area (Å²) >= 11 is 0. The number of aliphatic carboxylic acids is 1. The van der Waals surface area contributed by atoms with Gasteiger partial charge in [0.05, 0.1) is 5.92 Å². The summed E-state index contributed by atoms with van der Waals surface area (Å²) in [5.74, 6) is -0.933. The molecule has 0 spiro atoms. The highest BCUT2D eigenvalue weighted by molar-refractivity contribution is 5.71. The Morgan fingerprint density at radius 1 is 1.35 bits per heavy atom. The van der Waals surface area contributed by atoms with Crippen molar-refractivity contribution in [3.05, 3.63) is 0 Å². The second-order valence-electron chi connectivity index (χ2n) is 5.90. The lowest BCUT2D eigenvalue weighted by molar-refractivity contribution is -0.144. The lowest BCUT2D eigenvalue weighted by Crippen LogP contribution is -2.53. The predicted octanol–water partition coefficient (Wildman–Crippen LogP) is 1.10. The van der Waals surface area contributed by atoms with Gasteiger partial charge in [-0.05, 0) is 45.9 Å². The maximum atomic E-state index is 11.4. The van der Waals surface area contributed by atoms with Gasteiger partial charge in [-0.25, -0.2) is 0 Å². The fourth-order valence-corrected chi connectivity index (χ4v) is 2.97. The Morgan fingerprint density at radius 3 is 2.70 bits per heavy atom. The highest BCUT2D eigenvalue weighted by Gasteiger charge is 2.33. The van der Waals surface area contributed by atoms with Crippen LogP contribution in [-0.4, -0.2) is 73.2 Å². The monoisotopic (exact) mass is 285 g/mol. The molecule has 0 radical (unpaired) electrons. The smallest absolute Gasteiger partial charge is 0.309 e. The third-order valence-corrected chi connectivity index (χ3v) is 4.06. The molecule has 5 heteroatoms. The lowest BCUT2D eigenvalue weighted by atomic mass is 9.92. The summed E-state index contributed by atoms with van der Waals surface area (Å²) in [5.41, 5.74) is 0. The first-order chi connectivity index (χ1) is 9.58. The fourth-order valence-electron chi connectivity index (χ4n) is 2.97. The van der Waals surface area contributed by atoms with Crippen molar-refractivity contribution in [3.8, 4) is 0 Å². The average Bonchev–Trinajstić information content (AvgIpc) is 2.40. The molecule has 2 N–H and O–H groups in total. The minimum absolute atomic E-state index is 0.121. The first kappa shape index (κ1) is 17.4. The van der Waals surface area contributed by atoms with Crippen LogP contribution in [-0.2, 0) is 4.79 Å². The fraction of sp³-hybridized carbons (Fsp3) is 0.933. The molecule has 5 nitrogen and oxygen atoms in total. The van der Waals surface area contributed by atoms with Crippen molar-refractivity contribution in [2.75, 3.05) is 46.3 Å². The van der Waals surface area contributed by atoms with Crippen LogP contribution in [0.3, 0.4) is 0 Å². The van der Waals surface area contributed by atoms with Crippen LogP contribution >= 0.6 is 0 Å². The standard InChI is InChI=1S/C15H31N3O2/c1-4-8-17(3)11-7-16-14-6-10-18(9-5-2)12-13(14)15(19)20/h13-14,16H,4-12H2,1-3H3,(H,19,20). The molecule has 0 saturated carbocycles. The molecule has 2 unspecified atom stereocenters. The van der Waals surface area contributed by atoms with Crippen molar-refractivity contribution < 1.29 is 9.90 Å². The van der Waals surface area contributed by atoms with E-state index in [0.29, 0.717) is 6.54 Å². The van der Waals surface area contributed by atoms with Gasteiger partial charge in [-0.3, -0.25) is 4.79 Å². The second-order valence-corrected chi connectivity index (χ2v) is 5.90. The quantitative estimate of drug-likeness (QED) is 0.664. The van der Waals surface area contributed by atoms with Gasteiger partial charge in [-0.2, -0.15) is 0 Å². The molecule has 1 aliphatic heterocycles. The maximum Gasteiger partial charge on any atom is 0.309 e. The van der Waals surface area contributed by atoms with Crippen molar-refractivity contribution in [2.24, 2.45) is 5.92 Å². The zero-order valence-electron chi connectivity index (χ0n) is 13.3. The van der Waals surface area contributed by atoms with E-state index < -0.39 is 5.97 Å². The van der Waals surface area contributed by atoms with E-state index in [1.807, 2.05) is 0 Å². The van der Waals surface area contributed by atoms with Crippen LogP contribution in [0.15, 0.2) is 0 Å². The summed E-state index contributed by atoms with van der Waals surface area (Å²) in [4.78, 5) is 16.0. The molecule has 1 heterocycles. The van der Waals surface area contributed by atoms with Gasteiger partial charge >= 0.3 is 5.97 Å². The van der Waals surface area contributed by atoms with E-state index in [0.717, 1.165) is 52.0 Å². The van der Waals surface area contributed by atoms with Crippen LogP contribution in [0.25, 0.3) is 0 Å². The van der Waals surface area contributed by atoms with Crippen LogP contribution in [0.4, 0.5) is 0 Å². The third-order valence-electron chi connectivity index (χ3n) is 4.06. The first-order valence-corrected chi connectivity index (χ1v) is 7.95. The molecule has 0 bridgehead atoms. The van der Waals surface area contributed by atoms with Crippen LogP contribution in [0.2, 0.25) is 0 Å². The number of nitrogens with one attached hydrogen (secondary N) is 1.